The van der Waals surface area contributed by atoms with Crippen molar-refractivity contribution < 1.29 is 14.0 Å². The van der Waals surface area contributed by atoms with Crippen molar-refractivity contribution in [2.75, 3.05) is 11.1 Å². The Hall–Kier alpha value is -2.41. The highest BCUT2D eigenvalue weighted by molar-refractivity contribution is 7.99. The van der Waals surface area contributed by atoms with Gasteiger partial charge in [0.2, 0.25) is 5.91 Å². The van der Waals surface area contributed by atoms with Crippen LogP contribution in [0.3, 0.4) is 0 Å². The fraction of sp³-hybridized carbons (Fsp3) is 0.0714. The van der Waals surface area contributed by atoms with E-state index in [0.717, 1.165) is 0 Å². The maximum absolute atomic E-state index is 13.3. The summed E-state index contributed by atoms with van der Waals surface area (Å²) in [4.78, 5) is 27.2. The zero-order chi connectivity index (χ0) is 15.1. The molecule has 108 valence electrons. The number of hydrogen-bond acceptors (Lipinski definition) is 4. The molecule has 0 aliphatic carbocycles. The molecular formula is C14H12FN3O2S. The Morgan fingerprint density at radius 1 is 1.14 bits per heavy atom. The molecule has 2 N–H and O–H groups in total. The summed E-state index contributed by atoms with van der Waals surface area (Å²) < 4.78 is 13.3. The van der Waals surface area contributed by atoms with Crippen LogP contribution < -0.4 is 10.6 Å². The van der Waals surface area contributed by atoms with Crippen molar-refractivity contribution in [1.29, 1.82) is 0 Å². The third-order valence-electron chi connectivity index (χ3n) is 2.36. The fourth-order valence-corrected chi connectivity index (χ4v) is 2.11. The summed E-state index contributed by atoms with van der Waals surface area (Å²) in [5.41, 5.74) is 0.0141. The molecule has 21 heavy (non-hydrogen) atoms. The monoisotopic (exact) mass is 305 g/mol. The second-order valence-corrected chi connectivity index (χ2v) is 4.93. The number of carbonyl (C=O) groups excluding carboxylic acids is 2. The molecule has 5 nitrogen and oxygen atoms in total. The second-order valence-electron chi connectivity index (χ2n) is 3.94. The summed E-state index contributed by atoms with van der Waals surface area (Å²) >= 11 is 1.20. The van der Waals surface area contributed by atoms with Gasteiger partial charge in [0.1, 0.15) is 5.82 Å². The first-order valence-corrected chi connectivity index (χ1v) is 7.03. The van der Waals surface area contributed by atoms with Crippen molar-refractivity contribution in [3.8, 4) is 0 Å². The molecule has 1 heterocycles. The summed E-state index contributed by atoms with van der Waals surface area (Å²) in [6.45, 7) is 0. The quantitative estimate of drug-likeness (QED) is 0.852. The highest BCUT2D eigenvalue weighted by atomic mass is 32.2. The number of para-hydroxylation sites is 1. The van der Waals surface area contributed by atoms with E-state index < -0.39 is 17.8 Å². The van der Waals surface area contributed by atoms with Gasteiger partial charge in [0.25, 0.3) is 0 Å². The molecular weight excluding hydrogens is 293 g/mol. The minimum Gasteiger partial charge on any atom is -0.305 e. The van der Waals surface area contributed by atoms with Gasteiger partial charge in [-0.25, -0.2) is 14.2 Å². The van der Waals surface area contributed by atoms with Crippen LogP contribution in [0.4, 0.5) is 14.9 Å². The van der Waals surface area contributed by atoms with E-state index in [2.05, 4.69) is 15.6 Å². The molecule has 2 aromatic rings. The first kappa shape index (κ1) is 15.0. The lowest BCUT2D eigenvalue weighted by Crippen LogP contribution is -2.35. The number of nitrogens with one attached hydrogen (secondary N) is 2. The Labute approximate surface area is 125 Å². The number of rotatable bonds is 4. The molecule has 3 amide bonds. The maximum atomic E-state index is 13.3. The van der Waals surface area contributed by atoms with Gasteiger partial charge < -0.3 is 5.32 Å². The Bertz CT molecular complexity index is 637. The molecule has 1 aromatic carbocycles. The van der Waals surface area contributed by atoms with Crippen LogP contribution in [0.15, 0.2) is 53.7 Å². The number of imide groups is 1. The number of thioether (sulfide) groups is 1. The first-order valence-electron chi connectivity index (χ1n) is 6.04. The van der Waals surface area contributed by atoms with E-state index in [-0.39, 0.29) is 11.4 Å². The van der Waals surface area contributed by atoms with Crippen LogP contribution in [0.5, 0.6) is 0 Å². The fourth-order valence-electron chi connectivity index (χ4n) is 1.45. The first-order chi connectivity index (χ1) is 10.1. The topological polar surface area (TPSA) is 71.1 Å². The van der Waals surface area contributed by atoms with Crippen LogP contribution in [0, 0.1) is 5.82 Å². The Balaban J connectivity index is 1.80. The number of halogens is 1. The summed E-state index contributed by atoms with van der Waals surface area (Å²) in [5.74, 6) is -1.01. The highest BCUT2D eigenvalue weighted by Gasteiger charge is 2.10. The van der Waals surface area contributed by atoms with Crippen molar-refractivity contribution in [2.45, 2.75) is 5.03 Å². The van der Waals surface area contributed by atoms with Gasteiger partial charge in [-0.1, -0.05) is 30.0 Å². The zero-order valence-electron chi connectivity index (χ0n) is 10.9. The minimum atomic E-state index is -0.772. The maximum Gasteiger partial charge on any atom is 0.325 e. The van der Waals surface area contributed by atoms with Gasteiger partial charge in [0.15, 0.2) is 0 Å². The predicted molar refractivity (Wildman–Crippen MR) is 78.5 cm³/mol. The largest absolute Gasteiger partial charge is 0.325 e. The molecule has 0 spiro atoms. The number of aromatic nitrogens is 1. The van der Waals surface area contributed by atoms with Crippen molar-refractivity contribution in [1.82, 2.24) is 10.3 Å². The van der Waals surface area contributed by atoms with Crippen molar-refractivity contribution in [3.05, 3.63) is 54.5 Å². The van der Waals surface area contributed by atoms with Crippen molar-refractivity contribution >= 4 is 29.4 Å². The van der Waals surface area contributed by atoms with Gasteiger partial charge in [-0.15, -0.1) is 0 Å². The molecule has 2 rings (SSSR count). The van der Waals surface area contributed by atoms with Crippen LogP contribution >= 0.6 is 11.8 Å². The molecule has 0 unspecified atom stereocenters. The van der Waals surface area contributed by atoms with E-state index in [9.17, 15) is 14.0 Å². The molecule has 0 aliphatic heterocycles. The number of carbonyl (C=O) groups is 2. The standard InChI is InChI=1S/C14H12FN3O2S/c15-10-5-1-2-6-11(10)17-14(20)18-12(19)9-21-13-7-3-4-8-16-13/h1-8H,9H2,(H2,17,18,19,20). The van der Waals surface area contributed by atoms with Crippen LogP contribution in [-0.4, -0.2) is 22.7 Å². The smallest absolute Gasteiger partial charge is 0.305 e. The van der Waals surface area contributed by atoms with Crippen LogP contribution in [0.25, 0.3) is 0 Å². The summed E-state index contributed by atoms with van der Waals surface area (Å²) in [6, 6.07) is 10.3. The normalized spacial score (nSPS) is 9.95. The Kier molecular flexibility index (Phi) is 5.28. The number of hydrogen-bond donors (Lipinski definition) is 2. The van der Waals surface area contributed by atoms with E-state index in [4.69, 9.17) is 0 Å². The summed E-state index contributed by atoms with van der Waals surface area (Å²) in [6.07, 6.45) is 1.62. The number of pyridine rings is 1. The lowest BCUT2D eigenvalue weighted by atomic mass is 10.3. The Morgan fingerprint density at radius 3 is 2.62 bits per heavy atom. The number of amides is 3. The number of nitrogens with zero attached hydrogens (tertiary/aromatic N) is 1. The molecule has 0 saturated carbocycles. The molecule has 0 bridgehead atoms. The van der Waals surface area contributed by atoms with E-state index in [0.29, 0.717) is 5.03 Å². The van der Waals surface area contributed by atoms with E-state index in [1.165, 1.54) is 30.0 Å². The third-order valence-corrected chi connectivity index (χ3v) is 3.31. The average molecular weight is 305 g/mol. The number of benzene rings is 1. The zero-order valence-corrected chi connectivity index (χ0v) is 11.7. The van der Waals surface area contributed by atoms with Gasteiger partial charge in [-0.2, -0.15) is 0 Å². The molecule has 0 fully saturated rings. The average Bonchev–Trinajstić information content (AvgIpc) is 2.48. The van der Waals surface area contributed by atoms with Crippen molar-refractivity contribution in [2.24, 2.45) is 0 Å². The highest BCUT2D eigenvalue weighted by Crippen LogP contribution is 2.14. The van der Waals surface area contributed by atoms with E-state index in [1.54, 1.807) is 30.5 Å². The van der Waals surface area contributed by atoms with Crippen molar-refractivity contribution in [3.63, 3.8) is 0 Å². The molecule has 0 aliphatic rings. The lowest BCUT2D eigenvalue weighted by molar-refractivity contribution is -0.117. The lowest BCUT2D eigenvalue weighted by Gasteiger charge is -2.07. The third kappa shape index (κ3) is 4.88. The second kappa shape index (κ2) is 7.39. The van der Waals surface area contributed by atoms with E-state index >= 15 is 0 Å². The van der Waals surface area contributed by atoms with Gasteiger partial charge in [-0.3, -0.25) is 10.1 Å². The van der Waals surface area contributed by atoms with Gasteiger partial charge >= 0.3 is 6.03 Å². The number of urea groups is 1. The van der Waals surface area contributed by atoms with Gasteiger partial charge in [0.05, 0.1) is 16.5 Å². The van der Waals surface area contributed by atoms with Gasteiger partial charge in [0, 0.05) is 6.20 Å². The molecule has 0 saturated heterocycles. The Morgan fingerprint density at radius 2 is 1.90 bits per heavy atom. The van der Waals surface area contributed by atoms with Crippen LogP contribution in [0.2, 0.25) is 0 Å². The van der Waals surface area contributed by atoms with Crippen LogP contribution in [0.1, 0.15) is 0 Å². The van der Waals surface area contributed by atoms with E-state index in [1.807, 2.05) is 0 Å². The molecule has 7 heteroatoms. The summed E-state index contributed by atoms with van der Waals surface area (Å²) in [5, 5.41) is 5.07. The molecule has 0 atom stereocenters. The SMILES string of the molecule is O=C(CSc1ccccn1)NC(=O)Nc1ccccc1F. The van der Waals surface area contributed by atoms with Gasteiger partial charge in [-0.05, 0) is 24.3 Å². The van der Waals surface area contributed by atoms with Crippen LogP contribution in [-0.2, 0) is 4.79 Å². The number of anilines is 1. The molecule has 1 aromatic heterocycles. The summed E-state index contributed by atoms with van der Waals surface area (Å²) in [7, 11) is 0. The minimum absolute atomic E-state index is 0.0141. The molecule has 0 radical (unpaired) electrons. The predicted octanol–water partition coefficient (Wildman–Crippen LogP) is 2.66.